The summed E-state index contributed by atoms with van der Waals surface area (Å²) in [6, 6.07) is 0. The molecule has 0 atom stereocenters. The summed E-state index contributed by atoms with van der Waals surface area (Å²) in [6.45, 7) is 7.94. The first-order valence-corrected chi connectivity index (χ1v) is 5.23. The Morgan fingerprint density at radius 2 is 2.14 bits per heavy atom. The van der Waals surface area contributed by atoms with Crippen LogP contribution < -0.4 is 5.32 Å². The van der Waals surface area contributed by atoms with Crippen molar-refractivity contribution in [2.45, 2.75) is 26.2 Å². The van der Waals surface area contributed by atoms with E-state index in [2.05, 4.69) is 11.9 Å². The van der Waals surface area contributed by atoms with Crippen molar-refractivity contribution in [1.29, 1.82) is 0 Å². The first kappa shape index (κ1) is 11.2. The van der Waals surface area contributed by atoms with Crippen molar-refractivity contribution in [3.63, 3.8) is 0 Å². The Balaban J connectivity index is 2.08. The lowest BCUT2D eigenvalue weighted by atomic mass is 9.95. The first-order valence-electron chi connectivity index (χ1n) is 5.23. The average Bonchev–Trinajstić information content (AvgIpc) is 2.19. The number of carbonyl (C=O) groups excluding carboxylic acids is 1. The summed E-state index contributed by atoms with van der Waals surface area (Å²) < 4.78 is 5.05. The van der Waals surface area contributed by atoms with Crippen LogP contribution in [-0.4, -0.2) is 25.7 Å². The number of esters is 1. The average molecular weight is 197 g/mol. The predicted octanol–water partition coefficient (Wildman–Crippen LogP) is 1.50. The van der Waals surface area contributed by atoms with Crippen molar-refractivity contribution in [2.24, 2.45) is 5.92 Å². The predicted molar refractivity (Wildman–Crippen MR) is 56.0 cm³/mol. The maximum atomic E-state index is 11.1. The van der Waals surface area contributed by atoms with Crippen LogP contribution in [0.25, 0.3) is 0 Å². The molecule has 3 nitrogen and oxygen atoms in total. The molecule has 0 amide bonds. The minimum absolute atomic E-state index is 0.265. The molecule has 80 valence electrons. The molecular weight excluding hydrogens is 178 g/mol. The Morgan fingerprint density at radius 1 is 1.50 bits per heavy atom. The van der Waals surface area contributed by atoms with Gasteiger partial charge < -0.3 is 10.1 Å². The molecular formula is C11H19NO2. The fourth-order valence-corrected chi connectivity index (χ4v) is 1.61. The van der Waals surface area contributed by atoms with E-state index in [4.69, 9.17) is 4.74 Å². The number of nitrogens with one attached hydrogen (secondary N) is 1. The first-order chi connectivity index (χ1) is 6.70. The van der Waals surface area contributed by atoms with E-state index < -0.39 is 0 Å². The zero-order valence-electron chi connectivity index (χ0n) is 8.84. The largest absolute Gasteiger partial charge is 0.462 e. The minimum atomic E-state index is -0.265. The molecule has 0 aromatic rings. The van der Waals surface area contributed by atoms with Crippen molar-refractivity contribution in [2.75, 3.05) is 19.7 Å². The maximum Gasteiger partial charge on any atom is 0.333 e. The van der Waals surface area contributed by atoms with Gasteiger partial charge in [-0.25, -0.2) is 4.79 Å². The van der Waals surface area contributed by atoms with Crippen molar-refractivity contribution < 1.29 is 9.53 Å². The molecule has 3 heteroatoms. The molecule has 0 unspecified atom stereocenters. The van der Waals surface area contributed by atoms with E-state index in [-0.39, 0.29) is 5.97 Å². The summed E-state index contributed by atoms with van der Waals surface area (Å²) in [5.41, 5.74) is 0.482. The zero-order chi connectivity index (χ0) is 10.4. The Labute approximate surface area is 85.5 Å². The molecule has 1 N–H and O–H groups in total. The highest BCUT2D eigenvalue weighted by Gasteiger charge is 2.13. The van der Waals surface area contributed by atoms with Crippen LogP contribution in [-0.2, 0) is 9.53 Å². The monoisotopic (exact) mass is 197 g/mol. The van der Waals surface area contributed by atoms with Gasteiger partial charge in [-0.1, -0.05) is 6.58 Å². The van der Waals surface area contributed by atoms with Crippen LogP contribution in [0.5, 0.6) is 0 Å². The van der Waals surface area contributed by atoms with Gasteiger partial charge in [0.05, 0.1) is 6.61 Å². The molecule has 14 heavy (non-hydrogen) atoms. The number of ether oxygens (including phenoxy) is 1. The van der Waals surface area contributed by atoms with E-state index in [1.54, 1.807) is 6.92 Å². The van der Waals surface area contributed by atoms with Gasteiger partial charge in [-0.3, -0.25) is 0 Å². The quantitative estimate of drug-likeness (QED) is 0.548. The normalized spacial score (nSPS) is 17.8. The number of hydrogen-bond donors (Lipinski definition) is 1. The van der Waals surface area contributed by atoms with Gasteiger partial charge >= 0.3 is 5.97 Å². The number of rotatable bonds is 4. The van der Waals surface area contributed by atoms with E-state index in [1.807, 2.05) is 0 Å². The second-order valence-electron chi connectivity index (χ2n) is 3.90. The Kier molecular flexibility index (Phi) is 4.66. The van der Waals surface area contributed by atoms with Crippen LogP contribution >= 0.6 is 0 Å². The lowest BCUT2D eigenvalue weighted by molar-refractivity contribution is -0.139. The highest BCUT2D eigenvalue weighted by Crippen LogP contribution is 2.15. The number of piperidine rings is 1. The molecule has 0 radical (unpaired) electrons. The lowest BCUT2D eigenvalue weighted by Gasteiger charge is -2.22. The molecule has 1 rings (SSSR count). The van der Waals surface area contributed by atoms with E-state index in [0.29, 0.717) is 18.1 Å². The molecule has 0 spiro atoms. The fourth-order valence-electron chi connectivity index (χ4n) is 1.61. The van der Waals surface area contributed by atoms with Gasteiger partial charge in [0, 0.05) is 5.57 Å². The van der Waals surface area contributed by atoms with Crippen LogP contribution in [0.15, 0.2) is 12.2 Å². The van der Waals surface area contributed by atoms with Gasteiger partial charge in [-0.05, 0) is 45.2 Å². The molecule has 1 saturated heterocycles. The van der Waals surface area contributed by atoms with Crippen molar-refractivity contribution in [1.82, 2.24) is 5.32 Å². The number of hydrogen-bond acceptors (Lipinski definition) is 3. The van der Waals surface area contributed by atoms with Gasteiger partial charge in [0.25, 0.3) is 0 Å². The fraction of sp³-hybridized carbons (Fsp3) is 0.727. The minimum Gasteiger partial charge on any atom is -0.462 e. The highest BCUT2D eigenvalue weighted by atomic mass is 16.5. The van der Waals surface area contributed by atoms with Crippen molar-refractivity contribution in [3.8, 4) is 0 Å². The van der Waals surface area contributed by atoms with Crippen molar-refractivity contribution in [3.05, 3.63) is 12.2 Å². The highest BCUT2D eigenvalue weighted by molar-refractivity contribution is 5.86. The van der Waals surface area contributed by atoms with Crippen molar-refractivity contribution >= 4 is 5.97 Å². The standard InChI is InChI=1S/C11H19NO2/c1-9(2)11(13)14-8-5-10-3-6-12-7-4-10/h10,12H,1,3-8H2,2H3. The van der Waals surface area contributed by atoms with Gasteiger partial charge in [0.15, 0.2) is 0 Å². The molecule has 0 aliphatic carbocycles. The third kappa shape index (κ3) is 3.92. The van der Waals surface area contributed by atoms with Crippen LogP contribution in [0.2, 0.25) is 0 Å². The lowest BCUT2D eigenvalue weighted by Crippen LogP contribution is -2.28. The van der Waals surface area contributed by atoms with Crippen LogP contribution in [0.3, 0.4) is 0 Å². The van der Waals surface area contributed by atoms with Gasteiger partial charge in [0.2, 0.25) is 0 Å². The van der Waals surface area contributed by atoms with Crippen LogP contribution in [0.4, 0.5) is 0 Å². The summed E-state index contributed by atoms with van der Waals surface area (Å²) in [4.78, 5) is 11.1. The van der Waals surface area contributed by atoms with E-state index in [0.717, 1.165) is 19.5 Å². The molecule has 1 aliphatic heterocycles. The van der Waals surface area contributed by atoms with E-state index in [1.165, 1.54) is 12.8 Å². The van der Waals surface area contributed by atoms with Gasteiger partial charge in [-0.15, -0.1) is 0 Å². The third-order valence-electron chi connectivity index (χ3n) is 2.57. The molecule has 0 saturated carbocycles. The maximum absolute atomic E-state index is 11.1. The second kappa shape index (κ2) is 5.81. The van der Waals surface area contributed by atoms with Gasteiger partial charge in [0.1, 0.15) is 0 Å². The van der Waals surface area contributed by atoms with Gasteiger partial charge in [-0.2, -0.15) is 0 Å². The molecule has 0 aromatic heterocycles. The molecule has 1 heterocycles. The summed E-state index contributed by atoms with van der Waals surface area (Å²) in [7, 11) is 0. The summed E-state index contributed by atoms with van der Waals surface area (Å²) in [5, 5.41) is 3.31. The molecule has 1 fully saturated rings. The number of carbonyl (C=O) groups is 1. The molecule has 0 bridgehead atoms. The Bertz CT molecular complexity index is 207. The van der Waals surface area contributed by atoms with Crippen LogP contribution in [0, 0.1) is 5.92 Å². The Morgan fingerprint density at radius 3 is 2.71 bits per heavy atom. The second-order valence-corrected chi connectivity index (χ2v) is 3.90. The molecule has 1 aliphatic rings. The SMILES string of the molecule is C=C(C)C(=O)OCCC1CCNCC1. The van der Waals surface area contributed by atoms with Crippen LogP contribution in [0.1, 0.15) is 26.2 Å². The van der Waals surface area contributed by atoms with E-state index >= 15 is 0 Å². The smallest absolute Gasteiger partial charge is 0.333 e. The summed E-state index contributed by atoms with van der Waals surface area (Å²) in [6.07, 6.45) is 3.38. The summed E-state index contributed by atoms with van der Waals surface area (Å²) >= 11 is 0. The summed E-state index contributed by atoms with van der Waals surface area (Å²) in [5.74, 6) is 0.452. The molecule has 0 aromatic carbocycles. The van der Waals surface area contributed by atoms with E-state index in [9.17, 15) is 4.79 Å². The Hall–Kier alpha value is -0.830. The zero-order valence-corrected chi connectivity index (χ0v) is 8.84. The third-order valence-corrected chi connectivity index (χ3v) is 2.57. The topological polar surface area (TPSA) is 38.3 Å².